The van der Waals surface area contributed by atoms with E-state index in [0.717, 1.165) is 11.1 Å². The lowest BCUT2D eigenvalue weighted by molar-refractivity contribution is -0.131. The standard InChI is InChI=1S/C18H20N2O4/c1-22-15-10-9-13(11-16(15)23-2)12-19-20-18(21)17(24-3)14-7-5-4-6-8-14/h4-12,17H,1-3H3,(H,20,21)/b19-12-/t17-/m0/s1. The van der Waals surface area contributed by atoms with Crippen molar-refractivity contribution in [2.24, 2.45) is 5.10 Å². The third-order valence-electron chi connectivity index (χ3n) is 3.37. The van der Waals surface area contributed by atoms with E-state index < -0.39 is 6.10 Å². The fraction of sp³-hybridized carbons (Fsp3) is 0.222. The third-order valence-corrected chi connectivity index (χ3v) is 3.37. The Kier molecular flexibility index (Phi) is 6.33. The minimum absolute atomic E-state index is 0.347. The van der Waals surface area contributed by atoms with Crippen molar-refractivity contribution in [3.05, 3.63) is 59.7 Å². The minimum atomic E-state index is -0.714. The molecular formula is C18H20N2O4. The van der Waals surface area contributed by atoms with Crippen LogP contribution < -0.4 is 14.9 Å². The predicted molar refractivity (Wildman–Crippen MR) is 91.5 cm³/mol. The molecule has 0 heterocycles. The fourth-order valence-corrected chi connectivity index (χ4v) is 2.18. The van der Waals surface area contributed by atoms with Crippen molar-refractivity contribution >= 4 is 12.1 Å². The number of rotatable bonds is 7. The molecule has 0 bridgehead atoms. The molecule has 0 radical (unpaired) electrons. The van der Waals surface area contributed by atoms with Gasteiger partial charge in [0.05, 0.1) is 20.4 Å². The highest BCUT2D eigenvalue weighted by molar-refractivity contribution is 5.85. The van der Waals surface area contributed by atoms with Crippen LogP contribution >= 0.6 is 0 Å². The van der Waals surface area contributed by atoms with Crippen LogP contribution in [0.4, 0.5) is 0 Å². The van der Waals surface area contributed by atoms with Crippen molar-refractivity contribution in [3.63, 3.8) is 0 Å². The van der Waals surface area contributed by atoms with E-state index in [1.54, 1.807) is 26.4 Å². The molecule has 126 valence electrons. The largest absolute Gasteiger partial charge is 0.493 e. The van der Waals surface area contributed by atoms with Crippen molar-refractivity contribution < 1.29 is 19.0 Å². The second kappa shape index (κ2) is 8.69. The van der Waals surface area contributed by atoms with Gasteiger partial charge in [0.25, 0.3) is 5.91 Å². The molecule has 6 heteroatoms. The van der Waals surface area contributed by atoms with Gasteiger partial charge in [0.2, 0.25) is 0 Å². The maximum atomic E-state index is 12.2. The molecule has 0 unspecified atom stereocenters. The van der Waals surface area contributed by atoms with Crippen LogP contribution in [-0.4, -0.2) is 33.5 Å². The smallest absolute Gasteiger partial charge is 0.273 e. The zero-order chi connectivity index (χ0) is 17.4. The molecule has 2 aromatic carbocycles. The van der Waals surface area contributed by atoms with E-state index in [-0.39, 0.29) is 5.91 Å². The molecule has 0 aliphatic carbocycles. The van der Waals surface area contributed by atoms with Crippen LogP contribution in [0.1, 0.15) is 17.2 Å². The second-order valence-electron chi connectivity index (χ2n) is 4.88. The SMILES string of the molecule is COc1ccc(/C=N\NC(=O)[C@@H](OC)c2ccccc2)cc1OC. The molecule has 0 aliphatic rings. The Morgan fingerprint density at radius 3 is 2.38 bits per heavy atom. The molecule has 24 heavy (non-hydrogen) atoms. The van der Waals surface area contributed by atoms with Crippen molar-refractivity contribution in [2.75, 3.05) is 21.3 Å². The van der Waals surface area contributed by atoms with E-state index in [2.05, 4.69) is 10.5 Å². The number of ether oxygens (including phenoxy) is 3. The highest BCUT2D eigenvalue weighted by Gasteiger charge is 2.19. The average molecular weight is 328 g/mol. The Balaban J connectivity index is 2.04. The molecule has 0 saturated carbocycles. The monoisotopic (exact) mass is 328 g/mol. The van der Waals surface area contributed by atoms with Gasteiger partial charge in [0.1, 0.15) is 0 Å². The molecule has 6 nitrogen and oxygen atoms in total. The van der Waals surface area contributed by atoms with Crippen LogP contribution in [0.15, 0.2) is 53.6 Å². The first kappa shape index (κ1) is 17.5. The lowest BCUT2D eigenvalue weighted by atomic mass is 10.1. The van der Waals surface area contributed by atoms with Gasteiger partial charge in [-0.3, -0.25) is 4.79 Å². The van der Waals surface area contributed by atoms with Crippen molar-refractivity contribution in [1.29, 1.82) is 0 Å². The predicted octanol–water partition coefficient (Wildman–Crippen LogP) is 2.54. The Morgan fingerprint density at radius 1 is 1.04 bits per heavy atom. The normalized spacial score (nSPS) is 12.0. The fourth-order valence-electron chi connectivity index (χ4n) is 2.18. The molecule has 2 aromatic rings. The van der Waals surface area contributed by atoms with Crippen LogP contribution in [0.3, 0.4) is 0 Å². The molecule has 0 spiro atoms. The van der Waals surface area contributed by atoms with Crippen molar-refractivity contribution in [1.82, 2.24) is 5.43 Å². The lowest BCUT2D eigenvalue weighted by Crippen LogP contribution is -2.26. The third kappa shape index (κ3) is 4.33. The summed E-state index contributed by atoms with van der Waals surface area (Å²) in [6.45, 7) is 0. The van der Waals surface area contributed by atoms with Gasteiger partial charge in [0, 0.05) is 7.11 Å². The Bertz CT molecular complexity index is 701. The summed E-state index contributed by atoms with van der Waals surface area (Å²) < 4.78 is 15.6. The molecule has 1 amide bonds. The summed E-state index contributed by atoms with van der Waals surface area (Å²) >= 11 is 0. The number of methoxy groups -OCH3 is 3. The van der Waals surface area contributed by atoms with Gasteiger partial charge in [-0.05, 0) is 29.3 Å². The molecule has 2 rings (SSSR count). The van der Waals surface area contributed by atoms with Gasteiger partial charge in [0.15, 0.2) is 17.6 Å². The highest BCUT2D eigenvalue weighted by atomic mass is 16.5. The number of hydrazone groups is 1. The number of carbonyl (C=O) groups excluding carboxylic acids is 1. The maximum Gasteiger partial charge on any atom is 0.273 e. The first-order valence-electron chi connectivity index (χ1n) is 7.32. The first-order chi connectivity index (χ1) is 11.7. The number of carbonyl (C=O) groups is 1. The van der Waals surface area contributed by atoms with Gasteiger partial charge < -0.3 is 14.2 Å². The summed E-state index contributed by atoms with van der Waals surface area (Å²) in [6.07, 6.45) is 0.811. The zero-order valence-electron chi connectivity index (χ0n) is 13.9. The summed E-state index contributed by atoms with van der Waals surface area (Å²) in [6, 6.07) is 14.6. The molecule has 1 N–H and O–H groups in total. The Hall–Kier alpha value is -2.86. The molecule has 0 saturated heterocycles. The van der Waals surface area contributed by atoms with Crippen LogP contribution in [0, 0.1) is 0 Å². The summed E-state index contributed by atoms with van der Waals surface area (Å²) in [7, 11) is 4.61. The van der Waals surface area contributed by atoms with E-state index in [1.165, 1.54) is 13.3 Å². The minimum Gasteiger partial charge on any atom is -0.493 e. The van der Waals surface area contributed by atoms with Crippen LogP contribution in [0.25, 0.3) is 0 Å². The van der Waals surface area contributed by atoms with Crippen molar-refractivity contribution in [2.45, 2.75) is 6.10 Å². The van der Waals surface area contributed by atoms with Crippen molar-refractivity contribution in [3.8, 4) is 11.5 Å². The van der Waals surface area contributed by atoms with E-state index in [0.29, 0.717) is 11.5 Å². The summed E-state index contributed by atoms with van der Waals surface area (Å²) in [5, 5.41) is 3.97. The first-order valence-corrected chi connectivity index (χ1v) is 7.32. The zero-order valence-corrected chi connectivity index (χ0v) is 13.9. The maximum absolute atomic E-state index is 12.2. The van der Waals surface area contributed by atoms with E-state index in [9.17, 15) is 4.79 Å². The lowest BCUT2D eigenvalue weighted by Gasteiger charge is -2.13. The Morgan fingerprint density at radius 2 is 1.75 bits per heavy atom. The van der Waals surface area contributed by atoms with E-state index >= 15 is 0 Å². The van der Waals surface area contributed by atoms with Crippen LogP contribution in [-0.2, 0) is 9.53 Å². The van der Waals surface area contributed by atoms with Gasteiger partial charge in [-0.2, -0.15) is 5.10 Å². The molecule has 1 atom stereocenters. The van der Waals surface area contributed by atoms with Gasteiger partial charge in [-0.25, -0.2) is 5.43 Å². The average Bonchev–Trinajstić information content (AvgIpc) is 2.63. The quantitative estimate of drug-likeness (QED) is 0.626. The van der Waals surface area contributed by atoms with E-state index in [4.69, 9.17) is 14.2 Å². The summed E-state index contributed by atoms with van der Waals surface area (Å²) in [5.41, 5.74) is 4.01. The number of nitrogens with zero attached hydrogens (tertiary/aromatic N) is 1. The Labute approximate surface area is 141 Å². The summed E-state index contributed by atoms with van der Waals surface area (Å²) in [5.74, 6) is 0.870. The van der Waals surface area contributed by atoms with Gasteiger partial charge in [-0.1, -0.05) is 30.3 Å². The molecule has 0 aromatic heterocycles. The topological polar surface area (TPSA) is 69.2 Å². The van der Waals surface area contributed by atoms with Gasteiger partial charge >= 0.3 is 0 Å². The molecular weight excluding hydrogens is 308 g/mol. The van der Waals surface area contributed by atoms with Crippen LogP contribution in [0.5, 0.6) is 11.5 Å². The van der Waals surface area contributed by atoms with Crippen LogP contribution in [0.2, 0.25) is 0 Å². The molecule has 0 fully saturated rings. The highest BCUT2D eigenvalue weighted by Crippen LogP contribution is 2.26. The number of hydrogen-bond acceptors (Lipinski definition) is 5. The number of nitrogens with one attached hydrogen (secondary N) is 1. The van der Waals surface area contributed by atoms with E-state index in [1.807, 2.05) is 36.4 Å². The number of hydrogen-bond donors (Lipinski definition) is 1. The summed E-state index contributed by atoms with van der Waals surface area (Å²) in [4.78, 5) is 12.2. The molecule has 0 aliphatic heterocycles. The van der Waals surface area contributed by atoms with Gasteiger partial charge in [-0.15, -0.1) is 0 Å². The number of benzene rings is 2. The number of amides is 1. The second-order valence-corrected chi connectivity index (χ2v) is 4.88.